The van der Waals surface area contributed by atoms with Crippen LogP contribution in [0.15, 0.2) is 53.9 Å². The summed E-state index contributed by atoms with van der Waals surface area (Å²) in [6.07, 6.45) is 0.643. The second kappa shape index (κ2) is 8.00. The lowest BCUT2D eigenvalue weighted by Crippen LogP contribution is -2.26. The summed E-state index contributed by atoms with van der Waals surface area (Å²) in [5, 5.41) is 10.2. The van der Waals surface area contributed by atoms with Crippen LogP contribution in [-0.2, 0) is 6.42 Å². The zero-order valence-corrected chi connectivity index (χ0v) is 16.6. The number of thiazole rings is 1. The van der Waals surface area contributed by atoms with Crippen LogP contribution >= 0.6 is 22.9 Å². The Labute approximate surface area is 170 Å². The van der Waals surface area contributed by atoms with Crippen LogP contribution < -0.4 is 10.1 Å². The number of carbonyl (C=O) groups is 1. The van der Waals surface area contributed by atoms with Gasteiger partial charge in [-0.15, -0.1) is 16.4 Å². The topological polar surface area (TPSA) is 68.5 Å². The third-order valence-corrected chi connectivity index (χ3v) is 5.39. The third-order valence-electron chi connectivity index (χ3n) is 4.27. The van der Waals surface area contributed by atoms with E-state index >= 15 is 0 Å². The van der Waals surface area contributed by atoms with Crippen molar-refractivity contribution >= 4 is 33.8 Å². The molecule has 0 aliphatic heterocycles. The molecular weight excluding hydrogens is 396 g/mol. The van der Waals surface area contributed by atoms with Crippen molar-refractivity contribution in [2.45, 2.75) is 6.42 Å². The monoisotopic (exact) mass is 412 g/mol. The summed E-state index contributed by atoms with van der Waals surface area (Å²) in [6.45, 7) is 0.485. The van der Waals surface area contributed by atoms with Crippen LogP contribution in [0, 0.1) is 0 Å². The quantitative estimate of drug-likeness (QED) is 0.517. The van der Waals surface area contributed by atoms with Gasteiger partial charge in [0.1, 0.15) is 5.75 Å². The van der Waals surface area contributed by atoms with Crippen LogP contribution in [0.25, 0.3) is 16.3 Å². The molecule has 2 aromatic carbocycles. The van der Waals surface area contributed by atoms with Gasteiger partial charge in [0.25, 0.3) is 5.91 Å². The smallest absolute Gasteiger partial charge is 0.255 e. The van der Waals surface area contributed by atoms with E-state index < -0.39 is 0 Å². The molecule has 4 aromatic rings. The maximum absolute atomic E-state index is 12.4. The number of hydrogen-bond acceptors (Lipinski definition) is 5. The predicted octanol–water partition coefficient (Wildman–Crippen LogP) is 4.09. The maximum Gasteiger partial charge on any atom is 0.255 e. The number of para-hydroxylation sites is 1. The van der Waals surface area contributed by atoms with E-state index in [1.165, 1.54) is 11.3 Å². The zero-order valence-electron chi connectivity index (χ0n) is 15.1. The number of halogens is 1. The van der Waals surface area contributed by atoms with E-state index in [-0.39, 0.29) is 5.91 Å². The molecule has 2 heterocycles. The minimum atomic E-state index is -0.163. The molecule has 0 atom stereocenters. The predicted molar refractivity (Wildman–Crippen MR) is 110 cm³/mol. The Morgan fingerprint density at radius 2 is 2.00 bits per heavy atom. The van der Waals surface area contributed by atoms with Crippen LogP contribution in [0.5, 0.6) is 5.75 Å². The number of nitrogens with zero attached hydrogens (tertiary/aromatic N) is 3. The van der Waals surface area contributed by atoms with E-state index in [0.717, 1.165) is 16.2 Å². The first-order valence-electron chi connectivity index (χ1n) is 8.66. The molecule has 0 bridgehead atoms. The van der Waals surface area contributed by atoms with Gasteiger partial charge in [0.2, 0.25) is 4.96 Å². The summed E-state index contributed by atoms with van der Waals surface area (Å²) in [5.41, 5.74) is 2.43. The second-order valence-electron chi connectivity index (χ2n) is 6.07. The summed E-state index contributed by atoms with van der Waals surface area (Å²) in [6, 6.07) is 14.6. The Kier molecular flexibility index (Phi) is 5.27. The number of carbonyl (C=O) groups excluding carboxylic acids is 1. The minimum Gasteiger partial charge on any atom is -0.496 e. The van der Waals surface area contributed by atoms with Crippen LogP contribution in [0.4, 0.5) is 0 Å². The Hall–Kier alpha value is -2.90. The standard InChI is InChI=1S/C20H17ClN4O2S/c1-27-17-5-3-2-4-16(17)19(26)22-11-10-15-12-28-20-23-18(24-25(15)20)13-6-8-14(21)9-7-13/h2-9,12H,10-11H2,1H3,(H,22,26). The number of hydrogen-bond donors (Lipinski definition) is 1. The minimum absolute atomic E-state index is 0.163. The highest BCUT2D eigenvalue weighted by Crippen LogP contribution is 2.22. The van der Waals surface area contributed by atoms with Crippen molar-refractivity contribution in [3.8, 4) is 17.1 Å². The van der Waals surface area contributed by atoms with E-state index in [4.69, 9.17) is 16.3 Å². The summed E-state index contributed by atoms with van der Waals surface area (Å²) in [5.74, 6) is 1.05. The number of benzene rings is 2. The van der Waals surface area contributed by atoms with Crippen molar-refractivity contribution < 1.29 is 9.53 Å². The average molecular weight is 413 g/mol. The lowest BCUT2D eigenvalue weighted by molar-refractivity contribution is 0.0951. The molecule has 0 aliphatic carbocycles. The summed E-state index contributed by atoms with van der Waals surface area (Å²) in [4.78, 5) is 17.8. The van der Waals surface area contributed by atoms with Gasteiger partial charge in [-0.05, 0) is 36.4 Å². The molecule has 8 heteroatoms. The molecular formula is C20H17ClN4O2S. The number of nitrogens with one attached hydrogen (secondary N) is 1. The number of amides is 1. The van der Waals surface area contributed by atoms with Crippen molar-refractivity contribution in [3.05, 3.63) is 70.2 Å². The Bertz CT molecular complexity index is 1120. The van der Waals surface area contributed by atoms with Crippen molar-refractivity contribution in [2.24, 2.45) is 0 Å². The molecule has 142 valence electrons. The first-order chi connectivity index (χ1) is 13.7. The van der Waals surface area contributed by atoms with E-state index in [2.05, 4.69) is 15.4 Å². The van der Waals surface area contributed by atoms with Gasteiger partial charge in [0.05, 0.1) is 18.4 Å². The van der Waals surface area contributed by atoms with Gasteiger partial charge < -0.3 is 10.1 Å². The Morgan fingerprint density at radius 1 is 1.21 bits per heavy atom. The number of methoxy groups -OCH3 is 1. The van der Waals surface area contributed by atoms with Crippen molar-refractivity contribution in [1.29, 1.82) is 0 Å². The van der Waals surface area contributed by atoms with Gasteiger partial charge in [0.15, 0.2) is 5.82 Å². The molecule has 4 rings (SSSR count). The van der Waals surface area contributed by atoms with Crippen molar-refractivity contribution in [1.82, 2.24) is 19.9 Å². The van der Waals surface area contributed by atoms with E-state index in [1.54, 1.807) is 19.2 Å². The van der Waals surface area contributed by atoms with E-state index in [0.29, 0.717) is 35.1 Å². The molecule has 1 N–H and O–H groups in total. The Morgan fingerprint density at radius 3 is 2.79 bits per heavy atom. The lowest BCUT2D eigenvalue weighted by atomic mass is 10.2. The number of rotatable bonds is 6. The first kappa shape index (κ1) is 18.5. The highest BCUT2D eigenvalue weighted by molar-refractivity contribution is 7.15. The fraction of sp³-hybridized carbons (Fsp3) is 0.150. The first-order valence-corrected chi connectivity index (χ1v) is 9.92. The number of ether oxygens (including phenoxy) is 1. The number of fused-ring (bicyclic) bond motifs is 1. The molecule has 1 amide bonds. The molecule has 0 spiro atoms. The second-order valence-corrected chi connectivity index (χ2v) is 7.34. The molecule has 0 saturated carbocycles. The average Bonchev–Trinajstić information content (AvgIpc) is 3.30. The summed E-state index contributed by atoms with van der Waals surface area (Å²) < 4.78 is 7.06. The van der Waals surface area contributed by atoms with Crippen LogP contribution in [0.1, 0.15) is 16.1 Å². The van der Waals surface area contributed by atoms with E-state index in [9.17, 15) is 4.79 Å². The van der Waals surface area contributed by atoms with Crippen LogP contribution in [0.3, 0.4) is 0 Å². The fourth-order valence-electron chi connectivity index (χ4n) is 2.85. The van der Waals surface area contributed by atoms with E-state index in [1.807, 2.05) is 46.3 Å². The van der Waals surface area contributed by atoms with Crippen molar-refractivity contribution in [3.63, 3.8) is 0 Å². The largest absolute Gasteiger partial charge is 0.496 e. The normalized spacial score (nSPS) is 10.9. The van der Waals surface area contributed by atoms with Gasteiger partial charge in [0, 0.05) is 28.9 Å². The molecule has 0 saturated heterocycles. The van der Waals surface area contributed by atoms with Crippen molar-refractivity contribution in [2.75, 3.05) is 13.7 Å². The Balaban J connectivity index is 1.45. The van der Waals surface area contributed by atoms with Crippen LogP contribution in [-0.4, -0.2) is 34.2 Å². The zero-order chi connectivity index (χ0) is 19.5. The van der Waals surface area contributed by atoms with Gasteiger partial charge >= 0.3 is 0 Å². The van der Waals surface area contributed by atoms with Gasteiger partial charge in [-0.3, -0.25) is 4.79 Å². The van der Waals surface area contributed by atoms with Crippen LogP contribution in [0.2, 0.25) is 5.02 Å². The molecule has 0 fully saturated rings. The molecule has 0 unspecified atom stereocenters. The maximum atomic E-state index is 12.4. The highest BCUT2D eigenvalue weighted by atomic mass is 35.5. The fourth-order valence-corrected chi connectivity index (χ4v) is 3.83. The number of aromatic nitrogens is 3. The molecule has 0 aliphatic rings. The molecule has 6 nitrogen and oxygen atoms in total. The van der Waals surface area contributed by atoms with Gasteiger partial charge in [-0.1, -0.05) is 23.7 Å². The summed E-state index contributed by atoms with van der Waals surface area (Å²) >= 11 is 7.47. The van der Waals surface area contributed by atoms with Gasteiger partial charge in [-0.25, -0.2) is 4.52 Å². The highest BCUT2D eigenvalue weighted by Gasteiger charge is 2.13. The third kappa shape index (κ3) is 3.72. The SMILES string of the molecule is COc1ccccc1C(=O)NCCc1csc2nc(-c3ccc(Cl)cc3)nn12. The molecule has 28 heavy (non-hydrogen) atoms. The summed E-state index contributed by atoms with van der Waals surface area (Å²) in [7, 11) is 1.55. The molecule has 0 radical (unpaired) electrons. The molecule has 2 aromatic heterocycles. The lowest BCUT2D eigenvalue weighted by Gasteiger charge is -2.08. The van der Waals surface area contributed by atoms with Gasteiger partial charge in [-0.2, -0.15) is 4.98 Å².